The van der Waals surface area contributed by atoms with E-state index in [0.29, 0.717) is 23.6 Å². The van der Waals surface area contributed by atoms with Crippen molar-refractivity contribution in [1.82, 2.24) is 14.5 Å². The molecule has 0 spiro atoms. The van der Waals surface area contributed by atoms with E-state index < -0.39 is 11.7 Å². The first kappa shape index (κ1) is 24.6. The van der Waals surface area contributed by atoms with Crippen LogP contribution in [0.3, 0.4) is 0 Å². The van der Waals surface area contributed by atoms with E-state index in [2.05, 4.69) is 15.0 Å². The van der Waals surface area contributed by atoms with Crippen molar-refractivity contribution in [3.8, 4) is 0 Å². The zero-order valence-electron chi connectivity index (χ0n) is 21.7. The number of carboxylic acid groups (broad SMARTS) is 1. The van der Waals surface area contributed by atoms with Crippen molar-refractivity contribution < 1.29 is 14.7 Å². The molecule has 37 heavy (non-hydrogen) atoms. The average Bonchev–Trinajstić information content (AvgIpc) is 2.88. The van der Waals surface area contributed by atoms with E-state index in [-0.39, 0.29) is 23.9 Å². The van der Waals surface area contributed by atoms with Crippen LogP contribution >= 0.6 is 0 Å². The Bertz CT molecular complexity index is 1230. The van der Waals surface area contributed by atoms with Crippen molar-refractivity contribution in [3.05, 3.63) is 40.3 Å². The molecule has 2 aromatic rings. The minimum Gasteiger partial charge on any atom is -0.476 e. The molecule has 3 unspecified atom stereocenters. The largest absolute Gasteiger partial charge is 0.476 e. The normalized spacial score (nSPS) is 32.3. The number of hydrogen-bond donors (Lipinski definition) is 1. The second-order valence-corrected chi connectivity index (χ2v) is 11.6. The summed E-state index contributed by atoms with van der Waals surface area (Å²) in [6.45, 7) is 1.93. The Morgan fingerprint density at radius 3 is 2.32 bits per heavy atom. The van der Waals surface area contributed by atoms with Crippen LogP contribution in [-0.2, 0) is 9.63 Å². The topological polar surface area (TPSA) is 97.0 Å². The second kappa shape index (κ2) is 10.2. The highest BCUT2D eigenvalue weighted by Crippen LogP contribution is 2.47. The highest BCUT2D eigenvalue weighted by molar-refractivity contribution is 6.41. The number of rotatable bonds is 6. The molecule has 0 amide bonds. The number of piperidine rings is 2. The van der Waals surface area contributed by atoms with Gasteiger partial charge >= 0.3 is 5.97 Å². The van der Waals surface area contributed by atoms with E-state index in [9.17, 15) is 14.7 Å². The van der Waals surface area contributed by atoms with Gasteiger partial charge in [0.05, 0.1) is 11.0 Å². The highest BCUT2D eigenvalue weighted by Gasteiger charge is 2.45. The van der Waals surface area contributed by atoms with Crippen LogP contribution in [0.2, 0.25) is 0 Å². The van der Waals surface area contributed by atoms with Crippen molar-refractivity contribution in [2.45, 2.75) is 102 Å². The molecular weight excluding hydrogens is 468 g/mol. The van der Waals surface area contributed by atoms with Gasteiger partial charge in [0, 0.05) is 24.2 Å². The van der Waals surface area contributed by atoms with E-state index >= 15 is 0 Å². The van der Waals surface area contributed by atoms with E-state index in [1.54, 1.807) is 6.92 Å². The summed E-state index contributed by atoms with van der Waals surface area (Å²) >= 11 is 0. The highest BCUT2D eigenvalue weighted by atomic mass is 16.6. The number of fused-ring (bicyclic) bond motifs is 5. The molecule has 2 aliphatic carbocycles. The lowest BCUT2D eigenvalue weighted by atomic mass is 9.68. The SMILES string of the molecule is CCO/N=C(\C(=O)O)c1nc2ccccc2n(C2C[C@H]3CCC[C@@H](C2)N3C2CC3CCCC(C3)C2)c1=O. The summed E-state index contributed by atoms with van der Waals surface area (Å²) < 4.78 is 1.83. The Kier molecular flexibility index (Phi) is 6.78. The molecule has 4 bridgehead atoms. The van der Waals surface area contributed by atoms with Gasteiger partial charge in [0.15, 0.2) is 5.69 Å². The number of carbonyl (C=O) groups is 1. The Morgan fingerprint density at radius 2 is 1.65 bits per heavy atom. The number of aromatic nitrogens is 2. The number of nitrogens with zero attached hydrogens (tertiary/aromatic N) is 4. The van der Waals surface area contributed by atoms with Crippen molar-refractivity contribution in [3.63, 3.8) is 0 Å². The molecular formula is C29H38N4O4. The number of aliphatic carboxylic acids is 1. The van der Waals surface area contributed by atoms with E-state index in [1.807, 2.05) is 28.8 Å². The monoisotopic (exact) mass is 506 g/mol. The number of hydrogen-bond acceptors (Lipinski definition) is 6. The summed E-state index contributed by atoms with van der Waals surface area (Å²) in [5.74, 6) is 0.475. The first-order valence-electron chi connectivity index (χ1n) is 14.3. The van der Waals surface area contributed by atoms with Crippen molar-refractivity contribution in [1.29, 1.82) is 0 Å². The van der Waals surface area contributed by atoms with Crippen molar-refractivity contribution in [2.24, 2.45) is 17.0 Å². The molecule has 2 aliphatic heterocycles. The fourth-order valence-corrected chi connectivity index (χ4v) is 8.12. The lowest BCUT2D eigenvalue weighted by Gasteiger charge is -2.55. The van der Waals surface area contributed by atoms with Crippen molar-refractivity contribution in [2.75, 3.05) is 6.61 Å². The van der Waals surface area contributed by atoms with Gasteiger partial charge in [-0.2, -0.15) is 0 Å². The van der Waals surface area contributed by atoms with Crippen LogP contribution in [0.15, 0.2) is 34.2 Å². The third-order valence-electron chi connectivity index (χ3n) is 9.40. The quantitative estimate of drug-likeness (QED) is 0.449. The third-order valence-corrected chi connectivity index (χ3v) is 9.40. The standard InChI is InChI=1S/C29H38N4O4/c1-2-37-31-27(29(35)36)26-28(34)33(25-12-4-3-11-24(25)30-26)23-16-20-9-6-10-21(17-23)32(20)22-14-18-7-5-8-19(13-18)15-22/h3-4,11-12,18-23H,2,5-10,13-17H2,1H3,(H,35,36)/b31-27-/t18?,19?,20-,21+,22?,23?. The fourth-order valence-electron chi connectivity index (χ4n) is 8.12. The molecule has 2 saturated carbocycles. The predicted octanol–water partition coefficient (Wildman–Crippen LogP) is 4.75. The maximum Gasteiger partial charge on any atom is 0.360 e. The van der Waals surface area contributed by atoms with Gasteiger partial charge in [-0.15, -0.1) is 0 Å². The maximum absolute atomic E-state index is 13.9. The lowest BCUT2D eigenvalue weighted by molar-refractivity contribution is -0.129. The van der Waals surface area contributed by atoms with Gasteiger partial charge in [0.1, 0.15) is 6.61 Å². The second-order valence-electron chi connectivity index (χ2n) is 11.6. The van der Waals surface area contributed by atoms with Gasteiger partial charge in [-0.25, -0.2) is 9.78 Å². The summed E-state index contributed by atoms with van der Waals surface area (Å²) in [7, 11) is 0. The summed E-state index contributed by atoms with van der Waals surface area (Å²) in [6, 6.07) is 9.19. The molecule has 8 nitrogen and oxygen atoms in total. The summed E-state index contributed by atoms with van der Waals surface area (Å²) in [6.07, 6.45) is 13.7. The molecule has 4 aliphatic rings. The van der Waals surface area contributed by atoms with Crippen LogP contribution in [0.5, 0.6) is 0 Å². The zero-order chi connectivity index (χ0) is 25.5. The Balaban J connectivity index is 1.37. The Morgan fingerprint density at radius 1 is 0.973 bits per heavy atom. The van der Waals surface area contributed by atoms with E-state index in [0.717, 1.165) is 30.2 Å². The number of oxime groups is 1. The van der Waals surface area contributed by atoms with Gasteiger partial charge in [-0.3, -0.25) is 9.69 Å². The minimum absolute atomic E-state index is 0.0101. The average molecular weight is 507 g/mol. The van der Waals surface area contributed by atoms with Crippen LogP contribution in [0, 0.1) is 11.8 Å². The molecule has 2 saturated heterocycles. The van der Waals surface area contributed by atoms with Crippen LogP contribution in [0.25, 0.3) is 11.0 Å². The van der Waals surface area contributed by atoms with Crippen LogP contribution in [-0.4, -0.2) is 56.0 Å². The number of benzene rings is 1. The van der Waals surface area contributed by atoms with Gasteiger partial charge in [0.25, 0.3) is 5.56 Å². The van der Waals surface area contributed by atoms with Gasteiger partial charge in [-0.1, -0.05) is 43.0 Å². The maximum atomic E-state index is 13.9. The van der Waals surface area contributed by atoms with E-state index in [4.69, 9.17) is 4.84 Å². The summed E-state index contributed by atoms with van der Waals surface area (Å²) in [4.78, 5) is 38.3. The molecule has 8 heteroatoms. The smallest absolute Gasteiger partial charge is 0.360 e. The molecule has 6 rings (SSSR count). The first-order valence-corrected chi connectivity index (χ1v) is 14.3. The van der Waals surface area contributed by atoms with Gasteiger partial charge in [0.2, 0.25) is 5.71 Å². The molecule has 1 N–H and O–H groups in total. The summed E-state index contributed by atoms with van der Waals surface area (Å²) in [5.41, 5.74) is 0.407. The predicted molar refractivity (Wildman–Crippen MR) is 142 cm³/mol. The van der Waals surface area contributed by atoms with Crippen LogP contribution < -0.4 is 5.56 Å². The Hall–Kier alpha value is -2.74. The molecule has 4 fully saturated rings. The molecule has 5 atom stereocenters. The molecule has 1 aromatic heterocycles. The van der Waals surface area contributed by atoms with Crippen LogP contribution in [0.4, 0.5) is 0 Å². The zero-order valence-corrected chi connectivity index (χ0v) is 21.7. The minimum atomic E-state index is -1.31. The van der Waals surface area contributed by atoms with Crippen molar-refractivity contribution >= 4 is 22.7 Å². The first-order chi connectivity index (χ1) is 18.0. The molecule has 198 valence electrons. The lowest BCUT2D eigenvalue weighted by Crippen LogP contribution is -2.58. The number of carboxylic acids is 1. The molecule has 1 aromatic carbocycles. The third kappa shape index (κ3) is 4.58. The molecule has 3 heterocycles. The van der Waals surface area contributed by atoms with Gasteiger partial charge in [-0.05, 0) is 75.8 Å². The van der Waals surface area contributed by atoms with Gasteiger partial charge < -0.3 is 14.5 Å². The number of para-hydroxylation sites is 2. The fraction of sp³-hybridized carbons (Fsp3) is 0.655. The summed E-state index contributed by atoms with van der Waals surface area (Å²) in [5, 5.41) is 13.6. The van der Waals surface area contributed by atoms with E-state index in [1.165, 1.54) is 57.8 Å². The Labute approximate surface area is 217 Å². The molecule has 0 radical (unpaired) electrons. The van der Waals surface area contributed by atoms with Crippen LogP contribution in [0.1, 0.15) is 89.3 Å².